The van der Waals surface area contributed by atoms with Crippen molar-refractivity contribution < 1.29 is 35.9 Å². The normalized spacial score (nSPS) is 13.6. The number of ether oxygens (including phenoxy) is 2. The first-order valence-corrected chi connectivity index (χ1v) is 20.6. The summed E-state index contributed by atoms with van der Waals surface area (Å²) in [6, 6.07) is 32.8. The fraction of sp³-hybridized carbons (Fsp3) is 0.262. The number of carbonyl (C=O) groups is 1. The van der Waals surface area contributed by atoms with Crippen LogP contribution in [0.1, 0.15) is 28.4 Å². The lowest BCUT2D eigenvalue weighted by atomic mass is 10.0. The molecule has 0 spiro atoms. The minimum atomic E-state index is -4.83. The molecule has 0 atom stereocenters. The average Bonchev–Trinajstić information content (AvgIpc) is 3.20. The smallest absolute Gasteiger partial charge is 0.418 e. The molecule has 9 nitrogen and oxygen atoms in total. The number of rotatable bonds is 15. The Labute approximate surface area is 329 Å². The molecule has 1 aliphatic heterocycles. The van der Waals surface area contributed by atoms with Crippen molar-refractivity contribution in [3.8, 4) is 22.6 Å². The minimum Gasteiger partial charge on any atom is -0.496 e. The lowest BCUT2D eigenvalue weighted by Gasteiger charge is -2.36. The summed E-state index contributed by atoms with van der Waals surface area (Å²) in [5.74, 6) is 1.17. The van der Waals surface area contributed by atoms with Crippen LogP contribution in [0.25, 0.3) is 11.1 Å². The standard InChI is InChI=1S/C42H43F3N4O5S2/c1-3-54-35-9-7-8-31(26-35)32-12-13-33(40(27-32)53-2)29-48-21-23-49(24-22-48)34-16-14-30(15-17-34)41(50)47-56(51,52)37-18-19-39(38(28-37)42(43,44)45)46-20-25-55-36-10-5-4-6-11-36/h4-19,26-28,46H,3,20-25,29H2,1-2H3,(H,47,50). The number of nitrogens with zero attached hydrogens (tertiary/aromatic N) is 2. The van der Waals surface area contributed by atoms with Crippen LogP contribution < -0.4 is 24.4 Å². The number of nitrogens with one attached hydrogen (secondary N) is 2. The Morgan fingerprint density at radius 1 is 0.839 bits per heavy atom. The van der Waals surface area contributed by atoms with E-state index in [0.29, 0.717) is 25.0 Å². The first kappa shape index (κ1) is 40.5. The van der Waals surface area contributed by atoms with E-state index in [1.165, 1.54) is 23.9 Å². The zero-order valence-electron chi connectivity index (χ0n) is 31.0. The predicted molar refractivity (Wildman–Crippen MR) is 215 cm³/mol. The third kappa shape index (κ3) is 10.4. The van der Waals surface area contributed by atoms with Crippen molar-refractivity contribution in [3.05, 3.63) is 132 Å². The Balaban J connectivity index is 1.03. The molecule has 1 heterocycles. The molecule has 14 heteroatoms. The number of carbonyl (C=O) groups excluding carboxylic acids is 1. The van der Waals surface area contributed by atoms with Crippen molar-refractivity contribution in [2.45, 2.75) is 29.4 Å². The molecule has 5 aromatic rings. The number of sulfonamides is 1. The Kier molecular flexibility index (Phi) is 13.1. The maximum absolute atomic E-state index is 14.0. The lowest BCUT2D eigenvalue weighted by molar-refractivity contribution is -0.137. The minimum absolute atomic E-state index is 0.0568. The van der Waals surface area contributed by atoms with Gasteiger partial charge < -0.3 is 19.7 Å². The summed E-state index contributed by atoms with van der Waals surface area (Å²) in [5.41, 5.74) is 2.69. The van der Waals surface area contributed by atoms with Gasteiger partial charge in [-0.25, -0.2) is 13.1 Å². The Morgan fingerprint density at radius 3 is 2.27 bits per heavy atom. The van der Waals surface area contributed by atoms with Gasteiger partial charge in [-0.3, -0.25) is 9.69 Å². The van der Waals surface area contributed by atoms with E-state index >= 15 is 0 Å². The fourth-order valence-corrected chi connectivity index (χ4v) is 8.20. The molecule has 1 aliphatic rings. The Hall–Kier alpha value is -5.18. The molecule has 0 radical (unpaired) electrons. The molecule has 1 fully saturated rings. The number of methoxy groups -OCH3 is 1. The van der Waals surface area contributed by atoms with Crippen LogP contribution in [0.4, 0.5) is 24.5 Å². The van der Waals surface area contributed by atoms with E-state index in [9.17, 15) is 26.4 Å². The van der Waals surface area contributed by atoms with Crippen molar-refractivity contribution in [3.63, 3.8) is 0 Å². The van der Waals surface area contributed by atoms with Crippen molar-refractivity contribution in [1.82, 2.24) is 9.62 Å². The number of hydrogen-bond acceptors (Lipinski definition) is 9. The second kappa shape index (κ2) is 18.2. The third-order valence-electron chi connectivity index (χ3n) is 9.29. The molecule has 0 aromatic heterocycles. The summed E-state index contributed by atoms with van der Waals surface area (Å²) in [5, 5.41) is 2.76. The number of hydrogen-bond donors (Lipinski definition) is 2. The average molecular weight is 805 g/mol. The van der Waals surface area contributed by atoms with Crippen LogP contribution in [-0.2, 0) is 22.7 Å². The first-order chi connectivity index (χ1) is 26.9. The zero-order valence-corrected chi connectivity index (χ0v) is 32.6. The second-order valence-electron chi connectivity index (χ2n) is 13.0. The maximum Gasteiger partial charge on any atom is 0.418 e. The first-order valence-electron chi connectivity index (χ1n) is 18.1. The highest BCUT2D eigenvalue weighted by atomic mass is 32.2. The van der Waals surface area contributed by atoms with E-state index in [-0.39, 0.29) is 17.8 Å². The number of thioether (sulfide) groups is 1. The van der Waals surface area contributed by atoms with Gasteiger partial charge in [-0.2, -0.15) is 13.2 Å². The van der Waals surface area contributed by atoms with Gasteiger partial charge in [0.15, 0.2) is 0 Å². The number of anilines is 2. The summed E-state index contributed by atoms with van der Waals surface area (Å²) < 4.78 is 81.6. The van der Waals surface area contributed by atoms with Gasteiger partial charge in [-0.1, -0.05) is 42.5 Å². The second-order valence-corrected chi connectivity index (χ2v) is 15.9. The van der Waals surface area contributed by atoms with E-state index in [1.54, 1.807) is 19.2 Å². The number of benzene rings is 5. The molecule has 294 valence electrons. The van der Waals surface area contributed by atoms with E-state index in [1.807, 2.05) is 72.3 Å². The molecule has 0 unspecified atom stereocenters. The van der Waals surface area contributed by atoms with Gasteiger partial charge in [0.1, 0.15) is 11.5 Å². The molecule has 56 heavy (non-hydrogen) atoms. The van der Waals surface area contributed by atoms with Gasteiger partial charge in [0.25, 0.3) is 15.9 Å². The third-order valence-corrected chi connectivity index (χ3v) is 11.6. The van der Waals surface area contributed by atoms with Crippen molar-refractivity contribution in [2.75, 3.05) is 62.4 Å². The van der Waals surface area contributed by atoms with Crippen LogP contribution in [0.2, 0.25) is 0 Å². The largest absolute Gasteiger partial charge is 0.496 e. The summed E-state index contributed by atoms with van der Waals surface area (Å²) in [7, 11) is -2.95. The number of halogens is 3. The van der Waals surface area contributed by atoms with Gasteiger partial charge in [0.05, 0.1) is 24.2 Å². The van der Waals surface area contributed by atoms with E-state index < -0.39 is 32.6 Å². The van der Waals surface area contributed by atoms with Gasteiger partial charge in [-0.15, -0.1) is 11.8 Å². The van der Waals surface area contributed by atoms with Crippen LogP contribution in [0.5, 0.6) is 11.5 Å². The summed E-state index contributed by atoms with van der Waals surface area (Å²) >= 11 is 1.48. The highest BCUT2D eigenvalue weighted by Crippen LogP contribution is 2.37. The van der Waals surface area contributed by atoms with Crippen molar-refractivity contribution in [2.24, 2.45) is 0 Å². The topological polar surface area (TPSA) is 100 Å². The SMILES string of the molecule is CCOc1cccc(-c2ccc(CN3CCN(c4ccc(C(=O)NS(=O)(=O)c5ccc(NCCSc6ccccc6)c(C(F)(F)F)c5)cc4)CC3)c(OC)c2)c1. The molecular weight excluding hydrogens is 762 g/mol. The van der Waals surface area contributed by atoms with Gasteiger partial charge in [-0.05, 0) is 90.8 Å². The molecule has 6 rings (SSSR count). The molecule has 0 aliphatic carbocycles. The van der Waals surface area contributed by atoms with Crippen LogP contribution in [0.15, 0.2) is 125 Å². The predicted octanol–water partition coefficient (Wildman–Crippen LogP) is 8.42. The zero-order chi connectivity index (χ0) is 39.7. The van der Waals surface area contributed by atoms with Crippen LogP contribution in [-0.4, -0.2) is 71.4 Å². The van der Waals surface area contributed by atoms with Gasteiger partial charge >= 0.3 is 6.18 Å². The molecular formula is C42H43F3N4O5S2. The highest BCUT2D eigenvalue weighted by Gasteiger charge is 2.35. The Morgan fingerprint density at radius 2 is 1.57 bits per heavy atom. The van der Waals surface area contributed by atoms with Crippen LogP contribution >= 0.6 is 11.8 Å². The lowest BCUT2D eigenvalue weighted by Crippen LogP contribution is -2.46. The van der Waals surface area contributed by atoms with Crippen LogP contribution in [0, 0.1) is 0 Å². The highest BCUT2D eigenvalue weighted by molar-refractivity contribution is 7.99. The molecule has 1 saturated heterocycles. The van der Waals surface area contributed by atoms with Crippen molar-refractivity contribution in [1.29, 1.82) is 0 Å². The molecule has 0 saturated carbocycles. The van der Waals surface area contributed by atoms with Gasteiger partial charge in [0.2, 0.25) is 0 Å². The summed E-state index contributed by atoms with van der Waals surface area (Å²) in [6.45, 7) is 6.49. The van der Waals surface area contributed by atoms with E-state index in [0.717, 1.165) is 77.1 Å². The van der Waals surface area contributed by atoms with Crippen molar-refractivity contribution >= 4 is 39.1 Å². The number of amides is 1. The Bertz CT molecular complexity index is 2210. The number of alkyl halides is 3. The van der Waals surface area contributed by atoms with Crippen LogP contribution in [0.3, 0.4) is 0 Å². The monoisotopic (exact) mass is 804 g/mol. The fourth-order valence-electron chi connectivity index (χ4n) is 6.41. The maximum atomic E-state index is 14.0. The number of piperazine rings is 1. The summed E-state index contributed by atoms with van der Waals surface area (Å²) in [6.07, 6.45) is -4.83. The van der Waals surface area contributed by atoms with Gasteiger partial charge in [0, 0.05) is 72.4 Å². The molecule has 5 aromatic carbocycles. The van der Waals surface area contributed by atoms with E-state index in [2.05, 4.69) is 27.2 Å². The van der Waals surface area contributed by atoms with E-state index in [4.69, 9.17) is 9.47 Å². The molecule has 0 bridgehead atoms. The molecule has 1 amide bonds. The summed E-state index contributed by atoms with van der Waals surface area (Å²) in [4.78, 5) is 17.8. The quantitative estimate of drug-likeness (QED) is 0.0799. The molecule has 2 N–H and O–H groups in total.